The van der Waals surface area contributed by atoms with Crippen LogP contribution in [0.5, 0.6) is 0 Å². The molecule has 1 heterocycles. The lowest BCUT2D eigenvalue weighted by Gasteiger charge is -2.14. The van der Waals surface area contributed by atoms with Gasteiger partial charge in [-0.1, -0.05) is 0 Å². The van der Waals surface area contributed by atoms with Gasteiger partial charge >= 0.3 is 12.4 Å². The van der Waals surface area contributed by atoms with Crippen molar-refractivity contribution in [3.8, 4) is 10.6 Å². The van der Waals surface area contributed by atoms with E-state index in [9.17, 15) is 45.0 Å². The van der Waals surface area contributed by atoms with Crippen molar-refractivity contribution in [2.75, 3.05) is 0 Å². The molecule has 33 heavy (non-hydrogen) atoms. The first-order valence-corrected chi connectivity index (χ1v) is 9.68. The second kappa shape index (κ2) is 8.71. The number of carbonyl (C=O) groups is 1. The molecule has 2 aromatic carbocycles. The molecule has 0 aliphatic rings. The molecule has 0 radical (unpaired) electrons. The minimum Gasteiger partial charge on any atom is -0.369 e. The van der Waals surface area contributed by atoms with Gasteiger partial charge in [-0.05, 0) is 37.3 Å². The van der Waals surface area contributed by atoms with Gasteiger partial charge in [-0.3, -0.25) is 4.79 Å². The highest BCUT2D eigenvalue weighted by Crippen LogP contribution is 2.39. The summed E-state index contributed by atoms with van der Waals surface area (Å²) in [7, 11) is 0. The summed E-state index contributed by atoms with van der Waals surface area (Å²) >= 11 is 0.462. The standard InChI is InChI=1S/C20H12F8N2O2S/c1-8-13(21)4-9(5-14(8)22)16(31)30-17(32)15-7-29-18(33-15)10-2-11(19(23,24)25)6-12(3-10)20(26,27)28/h2-7,16,31H,1H3,(H,30,32). The molecule has 1 atom stereocenters. The van der Waals surface area contributed by atoms with Gasteiger partial charge in [-0.25, -0.2) is 13.8 Å². The van der Waals surface area contributed by atoms with Crippen molar-refractivity contribution in [2.24, 2.45) is 0 Å². The molecule has 13 heteroatoms. The van der Waals surface area contributed by atoms with E-state index >= 15 is 0 Å². The Morgan fingerprint density at radius 3 is 1.97 bits per heavy atom. The number of aliphatic hydroxyl groups excluding tert-OH is 1. The number of halogens is 8. The predicted molar refractivity (Wildman–Crippen MR) is 101 cm³/mol. The van der Waals surface area contributed by atoms with Crippen molar-refractivity contribution in [3.63, 3.8) is 0 Å². The Morgan fingerprint density at radius 1 is 0.970 bits per heavy atom. The second-order valence-corrected chi connectivity index (χ2v) is 7.84. The van der Waals surface area contributed by atoms with E-state index in [0.717, 1.165) is 25.3 Å². The average Bonchev–Trinajstić information content (AvgIpc) is 3.20. The minimum atomic E-state index is -5.06. The molecule has 1 aromatic heterocycles. The van der Waals surface area contributed by atoms with Gasteiger partial charge in [0.05, 0.1) is 17.3 Å². The first-order valence-electron chi connectivity index (χ1n) is 8.87. The Morgan fingerprint density at radius 2 is 1.48 bits per heavy atom. The second-order valence-electron chi connectivity index (χ2n) is 6.81. The summed E-state index contributed by atoms with van der Waals surface area (Å²) in [6.45, 7) is 1.16. The molecule has 176 valence electrons. The summed E-state index contributed by atoms with van der Waals surface area (Å²) in [5.41, 5.74) is -4.24. The Labute approximate surface area is 184 Å². The van der Waals surface area contributed by atoms with Crippen molar-refractivity contribution in [2.45, 2.75) is 25.5 Å². The fraction of sp³-hybridized carbons (Fsp3) is 0.200. The summed E-state index contributed by atoms with van der Waals surface area (Å²) in [5, 5.41) is 11.7. The van der Waals surface area contributed by atoms with E-state index in [0.29, 0.717) is 23.5 Å². The molecule has 0 saturated carbocycles. The maximum atomic E-state index is 13.7. The fourth-order valence-electron chi connectivity index (χ4n) is 2.69. The monoisotopic (exact) mass is 496 g/mol. The van der Waals surface area contributed by atoms with Crippen LogP contribution < -0.4 is 5.32 Å². The zero-order chi connectivity index (χ0) is 24.7. The van der Waals surface area contributed by atoms with E-state index in [4.69, 9.17) is 0 Å². The van der Waals surface area contributed by atoms with Crippen LogP contribution in [0.4, 0.5) is 35.1 Å². The number of benzene rings is 2. The number of amides is 1. The number of nitrogens with one attached hydrogen (secondary N) is 1. The van der Waals surface area contributed by atoms with Crippen LogP contribution in [-0.2, 0) is 12.4 Å². The highest BCUT2D eigenvalue weighted by Gasteiger charge is 2.37. The number of aliphatic hydroxyl groups is 1. The van der Waals surface area contributed by atoms with Crippen LogP contribution >= 0.6 is 11.3 Å². The van der Waals surface area contributed by atoms with Crippen molar-refractivity contribution in [1.82, 2.24) is 10.3 Å². The predicted octanol–water partition coefficient (Wildman–Crippen LogP) is 5.86. The number of nitrogens with zero attached hydrogens (tertiary/aromatic N) is 1. The van der Waals surface area contributed by atoms with E-state index in [-0.39, 0.29) is 27.1 Å². The number of hydrogen-bond acceptors (Lipinski definition) is 4. The van der Waals surface area contributed by atoms with Gasteiger partial charge in [0.25, 0.3) is 5.91 Å². The first-order chi connectivity index (χ1) is 15.2. The van der Waals surface area contributed by atoms with Crippen LogP contribution in [-0.4, -0.2) is 16.0 Å². The van der Waals surface area contributed by atoms with Crippen LogP contribution in [0.15, 0.2) is 36.5 Å². The van der Waals surface area contributed by atoms with Gasteiger partial charge in [0.2, 0.25) is 0 Å². The molecule has 3 aromatic rings. The molecule has 0 spiro atoms. The average molecular weight is 496 g/mol. The molecule has 0 aliphatic carbocycles. The van der Waals surface area contributed by atoms with E-state index in [1.165, 1.54) is 0 Å². The summed E-state index contributed by atoms with van der Waals surface area (Å²) in [5.74, 6) is -2.96. The van der Waals surface area contributed by atoms with E-state index in [1.54, 1.807) is 0 Å². The molecule has 0 bridgehead atoms. The molecule has 0 saturated heterocycles. The number of alkyl halides is 6. The topological polar surface area (TPSA) is 62.2 Å². The maximum Gasteiger partial charge on any atom is 0.416 e. The lowest BCUT2D eigenvalue weighted by molar-refractivity contribution is -0.143. The minimum absolute atomic E-state index is 0.0408. The highest BCUT2D eigenvalue weighted by atomic mass is 32.1. The summed E-state index contributed by atoms with van der Waals surface area (Å²) in [6.07, 6.45) is -11.1. The Kier molecular flexibility index (Phi) is 6.48. The van der Waals surface area contributed by atoms with Gasteiger partial charge in [-0.2, -0.15) is 26.3 Å². The third kappa shape index (κ3) is 5.47. The third-order valence-corrected chi connectivity index (χ3v) is 5.50. The first kappa shape index (κ1) is 24.6. The van der Waals surface area contributed by atoms with Crippen molar-refractivity contribution in [1.29, 1.82) is 0 Å². The van der Waals surface area contributed by atoms with Gasteiger partial charge in [-0.15, -0.1) is 11.3 Å². The molecule has 0 aliphatic heterocycles. The fourth-order valence-corrected chi connectivity index (χ4v) is 3.50. The zero-order valence-corrected chi connectivity index (χ0v) is 17.1. The molecule has 0 fully saturated rings. The van der Waals surface area contributed by atoms with Gasteiger partial charge in [0.1, 0.15) is 21.5 Å². The molecule has 3 rings (SSSR count). The van der Waals surface area contributed by atoms with Crippen LogP contribution in [0.2, 0.25) is 0 Å². The Balaban J connectivity index is 1.88. The normalized spacial score (nSPS) is 13.2. The van der Waals surface area contributed by atoms with Gasteiger partial charge < -0.3 is 10.4 Å². The Hall–Kier alpha value is -3.06. The largest absolute Gasteiger partial charge is 0.416 e. The SMILES string of the molecule is Cc1c(F)cc(C(O)NC(=O)c2cnc(-c3cc(C(F)(F)F)cc(C(F)(F)F)c3)s2)cc1F. The number of carbonyl (C=O) groups excluding carboxylic acids is 1. The molecule has 4 nitrogen and oxygen atoms in total. The molecule has 2 N–H and O–H groups in total. The zero-order valence-electron chi connectivity index (χ0n) is 16.3. The number of thiazole rings is 1. The number of hydrogen-bond donors (Lipinski definition) is 2. The lowest BCUT2D eigenvalue weighted by atomic mass is 10.1. The van der Waals surface area contributed by atoms with E-state index in [1.807, 2.05) is 5.32 Å². The van der Waals surface area contributed by atoms with Crippen LogP contribution in [0.3, 0.4) is 0 Å². The van der Waals surface area contributed by atoms with Crippen molar-refractivity contribution >= 4 is 17.2 Å². The molecular weight excluding hydrogens is 484 g/mol. The van der Waals surface area contributed by atoms with E-state index in [2.05, 4.69) is 4.98 Å². The molecular formula is C20H12F8N2O2S. The number of rotatable bonds is 4. The lowest BCUT2D eigenvalue weighted by Crippen LogP contribution is -2.27. The van der Waals surface area contributed by atoms with Crippen LogP contribution in [0.1, 0.15) is 38.2 Å². The van der Waals surface area contributed by atoms with Crippen molar-refractivity contribution in [3.05, 3.63) is 75.3 Å². The highest BCUT2D eigenvalue weighted by molar-refractivity contribution is 7.16. The summed E-state index contributed by atoms with van der Waals surface area (Å²) in [4.78, 5) is 15.7. The third-order valence-electron chi connectivity index (χ3n) is 4.45. The van der Waals surface area contributed by atoms with Crippen molar-refractivity contribution < 1.29 is 45.0 Å². The van der Waals surface area contributed by atoms with Crippen LogP contribution in [0.25, 0.3) is 10.6 Å². The quantitative estimate of drug-likeness (QED) is 0.352. The van der Waals surface area contributed by atoms with E-state index < -0.39 is 52.8 Å². The Bertz CT molecular complexity index is 1150. The van der Waals surface area contributed by atoms with Gasteiger partial charge in [0, 0.05) is 16.7 Å². The maximum absolute atomic E-state index is 13.7. The van der Waals surface area contributed by atoms with Crippen LogP contribution in [0, 0.1) is 18.6 Å². The molecule has 1 amide bonds. The molecule has 1 unspecified atom stereocenters. The van der Waals surface area contributed by atoms with Gasteiger partial charge in [0.15, 0.2) is 6.23 Å². The smallest absolute Gasteiger partial charge is 0.369 e. The number of aromatic nitrogens is 1. The summed E-state index contributed by atoms with van der Waals surface area (Å²) < 4.78 is 106. The summed E-state index contributed by atoms with van der Waals surface area (Å²) in [6, 6.07) is 2.47.